The van der Waals surface area contributed by atoms with Crippen molar-refractivity contribution in [3.05, 3.63) is 46.6 Å². The van der Waals surface area contributed by atoms with Gasteiger partial charge < -0.3 is 44.4 Å². The molecule has 1 saturated carbocycles. The molecule has 2 bridgehead atoms. The van der Waals surface area contributed by atoms with Gasteiger partial charge in [-0.2, -0.15) is 0 Å². The highest BCUT2D eigenvalue weighted by Gasteiger charge is 2.69. The molecule has 8 unspecified atom stereocenters. The molecule has 5 N–H and O–H groups in total. The molecule has 212 valence electrons. The molecule has 8 atom stereocenters. The minimum absolute atomic E-state index is 0.0940. The van der Waals surface area contributed by atoms with Gasteiger partial charge in [0.25, 0.3) is 0 Å². The van der Waals surface area contributed by atoms with Gasteiger partial charge in [-0.15, -0.1) is 6.58 Å². The molecule has 1 aromatic rings. The van der Waals surface area contributed by atoms with Crippen LogP contribution in [0.25, 0.3) is 11.8 Å². The molecule has 2 aliphatic carbocycles. The lowest BCUT2D eigenvalue weighted by Crippen LogP contribution is -2.77. The van der Waals surface area contributed by atoms with E-state index in [0.29, 0.717) is 6.42 Å². The molecular formula is C28H35NO10. The van der Waals surface area contributed by atoms with E-state index in [4.69, 9.17) is 18.9 Å². The van der Waals surface area contributed by atoms with Gasteiger partial charge in [0.2, 0.25) is 0 Å². The number of aryl methyl sites for hydroxylation is 1. The number of fused-ring (bicyclic) bond motifs is 2. The van der Waals surface area contributed by atoms with Crippen LogP contribution >= 0.6 is 0 Å². The molecule has 11 nitrogen and oxygen atoms in total. The fourth-order valence-electron chi connectivity index (χ4n) is 6.71. The molecular weight excluding hydrogens is 510 g/mol. The Hall–Kier alpha value is -2.96. The van der Waals surface area contributed by atoms with Crippen molar-refractivity contribution in [1.29, 1.82) is 0 Å². The summed E-state index contributed by atoms with van der Waals surface area (Å²) in [7, 11) is 1.22. The number of carbonyl (C=O) groups excluding carboxylic acids is 1. The molecule has 39 heavy (non-hydrogen) atoms. The maximum atomic E-state index is 12.4. The van der Waals surface area contributed by atoms with Crippen LogP contribution in [0.3, 0.4) is 0 Å². The third kappa shape index (κ3) is 4.15. The summed E-state index contributed by atoms with van der Waals surface area (Å²) < 4.78 is 23.4. The zero-order valence-corrected chi connectivity index (χ0v) is 22.0. The lowest BCUT2D eigenvalue weighted by atomic mass is 9.63. The molecule has 1 saturated heterocycles. The van der Waals surface area contributed by atoms with E-state index >= 15 is 0 Å². The van der Waals surface area contributed by atoms with Crippen molar-refractivity contribution in [2.24, 2.45) is 11.8 Å². The molecule has 1 spiro atoms. The van der Waals surface area contributed by atoms with Gasteiger partial charge in [0.15, 0.2) is 11.9 Å². The van der Waals surface area contributed by atoms with Gasteiger partial charge in [0.1, 0.15) is 24.1 Å². The molecule has 3 heterocycles. The fraction of sp³-hybridized carbons (Fsp3) is 0.571. The number of aliphatic carboxylic acids is 1. The maximum absolute atomic E-state index is 12.4. The Kier molecular flexibility index (Phi) is 7.23. The second-order valence-corrected chi connectivity index (χ2v) is 10.6. The lowest BCUT2D eigenvalue weighted by molar-refractivity contribution is -0.371. The molecule has 0 radical (unpaired) electrons. The summed E-state index contributed by atoms with van der Waals surface area (Å²) >= 11 is 0. The van der Waals surface area contributed by atoms with E-state index in [0.717, 1.165) is 28.3 Å². The summed E-state index contributed by atoms with van der Waals surface area (Å²) in [5.41, 5.74) is -1.47. The minimum Gasteiger partial charge on any atom is -0.483 e. The quantitative estimate of drug-likeness (QED) is 0.215. The van der Waals surface area contributed by atoms with E-state index in [9.17, 15) is 30.0 Å². The summed E-state index contributed by atoms with van der Waals surface area (Å²) in [5, 5.41) is 45.1. The normalized spacial score (nSPS) is 36.9. The summed E-state index contributed by atoms with van der Waals surface area (Å²) in [4.78, 5) is 27.3. The first-order chi connectivity index (χ1) is 18.6. The number of nitrogens with one attached hydrogen (secondary N) is 1. The van der Waals surface area contributed by atoms with Gasteiger partial charge in [0.05, 0.1) is 31.6 Å². The number of carboxylic acids is 1. The SMILES string of the molecule is C=CC1C(OC2OC(CO)C34OC=c5[nH]c(CC)cc5=C3CCC2(O)C4O)CC=C(C(=O)OC)C1CC(=O)O. The molecule has 0 aromatic carbocycles. The van der Waals surface area contributed by atoms with E-state index in [1.807, 2.05) is 13.0 Å². The Balaban J connectivity index is 1.49. The van der Waals surface area contributed by atoms with Crippen LogP contribution in [0.1, 0.15) is 38.3 Å². The zero-order valence-electron chi connectivity index (χ0n) is 22.0. The number of H-pyrrole nitrogens is 1. The van der Waals surface area contributed by atoms with E-state index in [2.05, 4.69) is 11.6 Å². The summed E-state index contributed by atoms with van der Waals surface area (Å²) in [6, 6.07) is 1.99. The van der Waals surface area contributed by atoms with Crippen LogP contribution < -0.4 is 10.6 Å². The smallest absolute Gasteiger partial charge is 0.333 e. The lowest BCUT2D eigenvalue weighted by Gasteiger charge is -2.59. The topological polar surface area (TPSA) is 168 Å². The van der Waals surface area contributed by atoms with Crippen molar-refractivity contribution < 1.29 is 49.0 Å². The van der Waals surface area contributed by atoms with Gasteiger partial charge in [-0.05, 0) is 37.3 Å². The number of aromatic nitrogens is 1. The first kappa shape index (κ1) is 27.6. The van der Waals surface area contributed by atoms with Crippen LogP contribution in [0, 0.1) is 11.8 Å². The molecule has 0 amide bonds. The highest BCUT2D eigenvalue weighted by molar-refractivity contribution is 5.90. The summed E-state index contributed by atoms with van der Waals surface area (Å²) in [5.74, 6) is -3.15. The first-order valence-electron chi connectivity index (χ1n) is 13.2. The van der Waals surface area contributed by atoms with Gasteiger partial charge in [-0.3, -0.25) is 4.79 Å². The van der Waals surface area contributed by atoms with E-state index in [-0.39, 0.29) is 24.8 Å². The number of aliphatic hydroxyl groups excluding tert-OH is 2. The van der Waals surface area contributed by atoms with Crippen molar-refractivity contribution in [2.45, 2.75) is 74.8 Å². The van der Waals surface area contributed by atoms with Crippen LogP contribution in [0.5, 0.6) is 0 Å². The number of methoxy groups -OCH3 is 1. The van der Waals surface area contributed by atoms with E-state index in [1.54, 1.807) is 6.08 Å². The predicted octanol–water partition coefficient (Wildman–Crippen LogP) is -0.381. The zero-order chi connectivity index (χ0) is 28.1. The van der Waals surface area contributed by atoms with Crippen LogP contribution in [-0.4, -0.2) is 86.9 Å². The van der Waals surface area contributed by atoms with Crippen LogP contribution in [0.15, 0.2) is 30.4 Å². The van der Waals surface area contributed by atoms with Crippen molar-refractivity contribution in [3.8, 4) is 0 Å². The standard InChI is InChI=1S/C28H35NO10/c1-4-14-10-18-19-8-9-27(35)25(34)28(19,37-13-20(18)29-14)22(12-30)39-26(27)38-21-7-6-16(24(33)36-3)17(11-23(31)32)15(21)5-2/h5-6,10,13,15,17,21-22,25-26,29-30,34-35H,2,4,7-9,11-12H2,1,3H3,(H,31,32). The largest absolute Gasteiger partial charge is 0.483 e. The Morgan fingerprint density at radius 3 is 2.77 bits per heavy atom. The van der Waals surface area contributed by atoms with Crippen LogP contribution in [0.4, 0.5) is 0 Å². The third-order valence-electron chi connectivity index (χ3n) is 8.70. The second kappa shape index (κ2) is 10.2. The summed E-state index contributed by atoms with van der Waals surface area (Å²) in [6.45, 7) is 5.33. The Morgan fingerprint density at radius 2 is 2.13 bits per heavy atom. The number of esters is 1. The average molecular weight is 546 g/mol. The van der Waals surface area contributed by atoms with Gasteiger partial charge >= 0.3 is 11.9 Å². The van der Waals surface area contributed by atoms with E-state index in [1.165, 1.54) is 19.4 Å². The van der Waals surface area contributed by atoms with Crippen LogP contribution in [-0.2, 0) is 35.0 Å². The monoisotopic (exact) mass is 545 g/mol. The van der Waals surface area contributed by atoms with Gasteiger partial charge in [0, 0.05) is 28.3 Å². The predicted molar refractivity (Wildman–Crippen MR) is 136 cm³/mol. The number of aromatic amines is 1. The summed E-state index contributed by atoms with van der Waals surface area (Å²) in [6.07, 6.45) is 0.953. The van der Waals surface area contributed by atoms with Crippen molar-refractivity contribution in [2.75, 3.05) is 13.7 Å². The highest BCUT2D eigenvalue weighted by Crippen LogP contribution is 2.52. The molecule has 2 fully saturated rings. The number of carboxylic acid groups (broad SMARTS) is 1. The van der Waals surface area contributed by atoms with Crippen LogP contribution in [0.2, 0.25) is 0 Å². The van der Waals surface area contributed by atoms with Gasteiger partial charge in [-0.1, -0.05) is 19.1 Å². The fourth-order valence-corrected chi connectivity index (χ4v) is 6.71. The number of aliphatic hydroxyl groups is 3. The first-order valence-corrected chi connectivity index (χ1v) is 13.2. The number of hydrogen-bond donors (Lipinski definition) is 5. The molecule has 4 aliphatic rings. The molecule has 11 heteroatoms. The molecule has 1 aromatic heterocycles. The Bertz CT molecular complexity index is 1320. The van der Waals surface area contributed by atoms with Crippen molar-refractivity contribution in [1.82, 2.24) is 4.98 Å². The Morgan fingerprint density at radius 1 is 1.36 bits per heavy atom. The minimum atomic E-state index is -1.90. The molecule has 5 rings (SSSR count). The maximum Gasteiger partial charge on any atom is 0.333 e. The Labute approximate surface area is 225 Å². The van der Waals surface area contributed by atoms with Crippen molar-refractivity contribution in [3.63, 3.8) is 0 Å². The number of carbonyl (C=O) groups is 2. The molecule has 2 aliphatic heterocycles. The highest BCUT2D eigenvalue weighted by atomic mass is 16.7. The third-order valence-corrected chi connectivity index (χ3v) is 8.70. The van der Waals surface area contributed by atoms with Crippen molar-refractivity contribution >= 4 is 23.8 Å². The number of rotatable bonds is 8. The van der Waals surface area contributed by atoms with E-state index < -0.39 is 66.2 Å². The second-order valence-electron chi connectivity index (χ2n) is 10.6. The number of ether oxygens (including phenoxy) is 4. The van der Waals surface area contributed by atoms with Gasteiger partial charge in [-0.25, -0.2) is 4.79 Å². The number of hydrogen-bond acceptors (Lipinski definition) is 9. The average Bonchev–Trinajstić information content (AvgIpc) is 3.35.